The third-order valence-corrected chi connectivity index (χ3v) is 5.97. The van der Waals surface area contributed by atoms with E-state index in [0.717, 1.165) is 36.8 Å². The summed E-state index contributed by atoms with van der Waals surface area (Å²) in [6, 6.07) is 8.96. The van der Waals surface area contributed by atoms with Gasteiger partial charge in [0.05, 0.1) is 0 Å². The first-order valence-corrected chi connectivity index (χ1v) is 9.71. The number of hydrogen-bond donors (Lipinski definition) is 1. The van der Waals surface area contributed by atoms with Crippen molar-refractivity contribution in [3.05, 3.63) is 41.2 Å². The molecule has 1 saturated carbocycles. The second-order valence-corrected chi connectivity index (χ2v) is 8.00. The van der Waals surface area contributed by atoms with E-state index < -0.39 is 0 Å². The molecule has 136 valence electrons. The fourth-order valence-electron chi connectivity index (χ4n) is 4.46. The summed E-state index contributed by atoms with van der Waals surface area (Å²) < 4.78 is 11.6. The van der Waals surface area contributed by atoms with Crippen LogP contribution < -0.4 is 5.32 Å². The van der Waals surface area contributed by atoms with Gasteiger partial charge in [-0.2, -0.15) is 0 Å². The van der Waals surface area contributed by atoms with E-state index >= 15 is 0 Å². The number of esters is 1. The molecule has 0 amide bonds. The Hall–Kier alpha value is -2.14. The van der Waals surface area contributed by atoms with Crippen LogP contribution >= 0.6 is 0 Å². The fourth-order valence-corrected chi connectivity index (χ4v) is 4.46. The molecule has 5 heteroatoms. The van der Waals surface area contributed by atoms with Crippen LogP contribution in [-0.4, -0.2) is 29.3 Å². The van der Waals surface area contributed by atoms with E-state index in [-0.39, 0.29) is 12.1 Å². The average molecular weight is 352 g/mol. The fraction of sp³-hybridized carbons (Fsp3) is 0.524. The minimum Gasteiger partial charge on any atom is -0.459 e. The standard InChI is InChI=1S/C21H24N2O3/c1-12-4-2-3-5-17(12)19-18(20(26-23-19)13-6-7-13)21(24)25-16-10-14-8-9-15(11-16)22-14/h2-5,13-16,22H,6-11H2,1H3/t14-,15+,16+. The highest BCUT2D eigenvalue weighted by Gasteiger charge is 2.39. The lowest BCUT2D eigenvalue weighted by Gasteiger charge is -2.28. The third-order valence-electron chi connectivity index (χ3n) is 5.97. The van der Waals surface area contributed by atoms with Crippen LogP contribution in [0.15, 0.2) is 28.8 Å². The van der Waals surface area contributed by atoms with Crippen molar-refractivity contribution in [1.82, 2.24) is 10.5 Å². The van der Waals surface area contributed by atoms with Gasteiger partial charge in [0.1, 0.15) is 17.4 Å². The zero-order valence-corrected chi connectivity index (χ0v) is 15.0. The van der Waals surface area contributed by atoms with Gasteiger partial charge in [-0.05, 0) is 51.0 Å². The van der Waals surface area contributed by atoms with E-state index in [1.165, 1.54) is 12.8 Å². The molecule has 2 aromatic rings. The molecular formula is C21H24N2O3. The Morgan fingerprint density at radius 2 is 1.88 bits per heavy atom. The number of rotatable bonds is 4. The van der Waals surface area contributed by atoms with Crippen molar-refractivity contribution in [3.63, 3.8) is 0 Å². The van der Waals surface area contributed by atoms with Crippen molar-refractivity contribution in [1.29, 1.82) is 0 Å². The summed E-state index contributed by atoms with van der Waals surface area (Å²) in [6.45, 7) is 2.03. The van der Waals surface area contributed by atoms with E-state index in [9.17, 15) is 4.79 Å². The molecule has 5 rings (SSSR count). The topological polar surface area (TPSA) is 64.4 Å². The summed E-state index contributed by atoms with van der Waals surface area (Å²) in [5, 5.41) is 7.87. The van der Waals surface area contributed by atoms with E-state index in [1.807, 2.05) is 31.2 Å². The second kappa shape index (κ2) is 6.23. The Balaban J connectivity index is 1.46. The van der Waals surface area contributed by atoms with Gasteiger partial charge >= 0.3 is 5.97 Å². The molecule has 5 nitrogen and oxygen atoms in total. The number of piperidine rings is 1. The summed E-state index contributed by atoms with van der Waals surface area (Å²) in [5.41, 5.74) is 3.21. The molecule has 26 heavy (non-hydrogen) atoms. The van der Waals surface area contributed by atoms with Crippen LogP contribution in [0.25, 0.3) is 11.3 Å². The minimum atomic E-state index is -0.266. The maximum Gasteiger partial charge on any atom is 0.344 e. The van der Waals surface area contributed by atoms with Crippen LogP contribution in [0.5, 0.6) is 0 Å². The number of ether oxygens (including phenoxy) is 1. The molecule has 2 bridgehead atoms. The number of nitrogens with one attached hydrogen (secondary N) is 1. The summed E-state index contributed by atoms with van der Waals surface area (Å²) in [5.74, 6) is 0.759. The first-order chi connectivity index (χ1) is 12.7. The van der Waals surface area contributed by atoms with Crippen LogP contribution in [0.2, 0.25) is 0 Å². The highest BCUT2D eigenvalue weighted by molar-refractivity contribution is 5.98. The zero-order valence-electron chi connectivity index (χ0n) is 15.0. The molecule has 1 aliphatic carbocycles. The minimum absolute atomic E-state index is 0.00655. The molecule has 3 heterocycles. The summed E-state index contributed by atoms with van der Waals surface area (Å²) in [4.78, 5) is 13.1. The average Bonchev–Trinajstić information content (AvgIpc) is 3.29. The van der Waals surface area contributed by atoms with Crippen LogP contribution in [0.3, 0.4) is 0 Å². The lowest BCUT2D eigenvalue weighted by Crippen LogP contribution is -2.42. The number of carbonyl (C=O) groups is 1. The van der Waals surface area contributed by atoms with E-state index in [1.54, 1.807) is 0 Å². The number of benzene rings is 1. The lowest BCUT2D eigenvalue weighted by atomic mass is 9.99. The van der Waals surface area contributed by atoms with E-state index in [2.05, 4.69) is 10.5 Å². The molecular weight excluding hydrogens is 328 g/mol. The normalized spacial score (nSPS) is 27.5. The highest BCUT2D eigenvalue weighted by atomic mass is 16.5. The zero-order chi connectivity index (χ0) is 17.7. The van der Waals surface area contributed by atoms with Crippen molar-refractivity contribution in [3.8, 4) is 11.3 Å². The molecule has 2 aliphatic heterocycles. The highest BCUT2D eigenvalue weighted by Crippen LogP contribution is 2.44. The van der Waals surface area contributed by atoms with Gasteiger partial charge < -0.3 is 14.6 Å². The molecule has 0 unspecified atom stereocenters. The van der Waals surface area contributed by atoms with Gasteiger partial charge in [-0.15, -0.1) is 0 Å². The summed E-state index contributed by atoms with van der Waals surface area (Å²) in [6.07, 6.45) is 6.30. The monoisotopic (exact) mass is 352 g/mol. The second-order valence-electron chi connectivity index (χ2n) is 8.00. The molecule has 2 saturated heterocycles. The quantitative estimate of drug-likeness (QED) is 0.844. The van der Waals surface area contributed by atoms with Crippen LogP contribution in [-0.2, 0) is 4.74 Å². The Labute approximate surface area is 153 Å². The Morgan fingerprint density at radius 1 is 1.15 bits per heavy atom. The van der Waals surface area contributed by atoms with Crippen LogP contribution in [0, 0.1) is 6.92 Å². The van der Waals surface area contributed by atoms with Gasteiger partial charge in [0.2, 0.25) is 0 Å². The number of carbonyl (C=O) groups excluding carboxylic acids is 1. The largest absolute Gasteiger partial charge is 0.459 e. The smallest absolute Gasteiger partial charge is 0.344 e. The molecule has 3 aliphatic rings. The van der Waals surface area contributed by atoms with Gasteiger partial charge in [0, 0.05) is 23.6 Å². The molecule has 1 aromatic carbocycles. The van der Waals surface area contributed by atoms with Crippen LogP contribution in [0.4, 0.5) is 0 Å². The molecule has 3 atom stereocenters. The van der Waals surface area contributed by atoms with Crippen molar-refractivity contribution < 1.29 is 14.1 Å². The maximum atomic E-state index is 13.1. The van der Waals surface area contributed by atoms with Crippen molar-refractivity contribution in [2.75, 3.05) is 0 Å². The first-order valence-electron chi connectivity index (χ1n) is 9.71. The Bertz CT molecular complexity index is 828. The number of fused-ring (bicyclic) bond motifs is 2. The van der Waals surface area contributed by atoms with Crippen molar-refractivity contribution >= 4 is 5.97 Å². The maximum absolute atomic E-state index is 13.1. The molecule has 0 radical (unpaired) electrons. The van der Waals surface area contributed by atoms with Gasteiger partial charge in [-0.3, -0.25) is 0 Å². The van der Waals surface area contributed by atoms with E-state index in [4.69, 9.17) is 9.26 Å². The molecule has 1 N–H and O–H groups in total. The predicted octanol–water partition coefficient (Wildman–Crippen LogP) is 3.97. The third kappa shape index (κ3) is 2.84. The van der Waals surface area contributed by atoms with Gasteiger partial charge in [-0.1, -0.05) is 29.4 Å². The van der Waals surface area contributed by atoms with Crippen LogP contribution in [0.1, 0.15) is 66.1 Å². The number of nitrogens with zero attached hydrogens (tertiary/aromatic N) is 1. The number of aromatic nitrogens is 1. The number of aryl methyl sites for hydroxylation is 1. The van der Waals surface area contributed by atoms with Crippen molar-refractivity contribution in [2.24, 2.45) is 0 Å². The first kappa shape index (κ1) is 16.1. The summed E-state index contributed by atoms with van der Waals surface area (Å²) >= 11 is 0. The molecule has 0 spiro atoms. The number of hydrogen-bond acceptors (Lipinski definition) is 5. The van der Waals surface area contributed by atoms with Gasteiger partial charge in [0.25, 0.3) is 0 Å². The van der Waals surface area contributed by atoms with E-state index in [0.29, 0.717) is 35.0 Å². The SMILES string of the molecule is Cc1ccccc1-c1noc(C2CC2)c1C(=O)O[C@H]1C[C@H]2CC[C@@H](C1)N2. The Kier molecular flexibility index (Phi) is 3.85. The molecule has 3 fully saturated rings. The summed E-state index contributed by atoms with van der Waals surface area (Å²) in [7, 11) is 0. The lowest BCUT2D eigenvalue weighted by molar-refractivity contribution is 0.0175. The van der Waals surface area contributed by atoms with Gasteiger partial charge in [-0.25, -0.2) is 4.79 Å². The molecule has 1 aromatic heterocycles. The van der Waals surface area contributed by atoms with Crippen molar-refractivity contribution in [2.45, 2.75) is 69.6 Å². The Morgan fingerprint density at radius 3 is 2.58 bits per heavy atom. The van der Waals surface area contributed by atoms with Gasteiger partial charge in [0.15, 0.2) is 5.76 Å². The predicted molar refractivity (Wildman–Crippen MR) is 97.0 cm³/mol.